The molecule has 0 bridgehead atoms. The van der Waals surface area contributed by atoms with Crippen molar-refractivity contribution in [2.45, 2.75) is 38.5 Å². The van der Waals surface area contributed by atoms with E-state index in [0.29, 0.717) is 0 Å². The van der Waals surface area contributed by atoms with Gasteiger partial charge in [-0.25, -0.2) is 18.3 Å². The number of benzene rings is 1. The number of aryl methyl sites for hydroxylation is 2. The highest BCUT2D eigenvalue weighted by Gasteiger charge is 2.26. The van der Waals surface area contributed by atoms with E-state index in [2.05, 4.69) is 16.1 Å². The van der Waals surface area contributed by atoms with Crippen LogP contribution in [0.25, 0.3) is 0 Å². The van der Waals surface area contributed by atoms with Crippen LogP contribution in [0.2, 0.25) is 0 Å². The molecule has 2 amide bonds. The van der Waals surface area contributed by atoms with E-state index in [1.807, 2.05) is 4.72 Å². The summed E-state index contributed by atoms with van der Waals surface area (Å²) in [7, 11) is -2.98. The first-order valence-corrected chi connectivity index (χ1v) is 10.6. The highest BCUT2D eigenvalue weighted by atomic mass is 32.2. The molecule has 148 valence electrons. The molecule has 2 N–H and O–H groups in total. The van der Waals surface area contributed by atoms with Crippen molar-refractivity contribution in [2.75, 3.05) is 12.4 Å². The fourth-order valence-electron chi connectivity index (χ4n) is 4.04. The fourth-order valence-corrected chi connectivity index (χ4v) is 4.91. The zero-order chi connectivity index (χ0) is 19.9. The number of aromatic nitrogens is 1. The van der Waals surface area contributed by atoms with Crippen LogP contribution in [0.4, 0.5) is 10.5 Å². The van der Waals surface area contributed by atoms with E-state index in [1.54, 1.807) is 0 Å². The topological polar surface area (TPSA) is 106 Å². The molecule has 2 aliphatic carbocycles. The number of hydrogen-bond donors (Lipinski definition) is 2. The van der Waals surface area contributed by atoms with Gasteiger partial charge in [0.2, 0.25) is 0 Å². The zero-order valence-electron chi connectivity index (χ0n) is 15.4. The number of urea groups is 1. The van der Waals surface area contributed by atoms with Gasteiger partial charge < -0.3 is 10.1 Å². The third-order valence-corrected chi connectivity index (χ3v) is 6.52. The maximum Gasteiger partial charge on any atom is 0.339 e. The molecule has 1 aromatic carbocycles. The number of hydrogen-bond acceptors (Lipinski definition) is 5. The van der Waals surface area contributed by atoms with Crippen molar-refractivity contribution in [1.82, 2.24) is 8.69 Å². The van der Waals surface area contributed by atoms with Crippen LogP contribution >= 0.6 is 0 Å². The lowest BCUT2D eigenvalue weighted by molar-refractivity contribution is 0.0601. The first-order chi connectivity index (χ1) is 13.4. The molecule has 0 unspecified atom stereocenters. The van der Waals surface area contributed by atoms with E-state index in [4.69, 9.17) is 0 Å². The number of fused-ring (bicyclic) bond motifs is 2. The van der Waals surface area contributed by atoms with E-state index in [1.165, 1.54) is 30.5 Å². The number of rotatable bonds is 4. The molecule has 2 aliphatic rings. The maximum atomic E-state index is 12.5. The van der Waals surface area contributed by atoms with Crippen LogP contribution in [0.15, 0.2) is 24.5 Å². The number of carbonyl (C=O) groups excluding carboxylic acids is 2. The molecule has 0 atom stereocenters. The molecular weight excluding hydrogens is 382 g/mol. The van der Waals surface area contributed by atoms with Crippen LogP contribution in [0.3, 0.4) is 0 Å². The van der Waals surface area contributed by atoms with Crippen molar-refractivity contribution in [3.63, 3.8) is 0 Å². The average molecular weight is 403 g/mol. The molecule has 1 aromatic heterocycles. The van der Waals surface area contributed by atoms with Crippen LogP contribution in [0, 0.1) is 0 Å². The summed E-state index contributed by atoms with van der Waals surface area (Å²) in [4.78, 5) is 24.0. The Morgan fingerprint density at radius 1 is 1.07 bits per heavy atom. The van der Waals surface area contributed by atoms with Crippen LogP contribution in [-0.4, -0.2) is 31.5 Å². The lowest BCUT2D eigenvalue weighted by Gasteiger charge is -2.16. The molecule has 4 rings (SSSR count). The SMILES string of the molecule is COC(=O)c1ccn(S(=O)(=O)NC(=O)Nc2c3c(cc4c2CCC4)CCC3)c1. The van der Waals surface area contributed by atoms with Gasteiger partial charge in [0.05, 0.1) is 12.7 Å². The minimum absolute atomic E-state index is 0.0759. The molecule has 28 heavy (non-hydrogen) atoms. The molecule has 0 fully saturated rings. The number of amides is 2. The molecule has 0 aliphatic heterocycles. The van der Waals surface area contributed by atoms with Crippen LogP contribution < -0.4 is 10.0 Å². The van der Waals surface area contributed by atoms with Crippen molar-refractivity contribution in [3.8, 4) is 0 Å². The summed E-state index contributed by atoms with van der Waals surface area (Å²) in [6, 6.07) is 2.72. The second-order valence-corrected chi connectivity index (χ2v) is 8.59. The Morgan fingerprint density at radius 2 is 1.71 bits per heavy atom. The van der Waals surface area contributed by atoms with Gasteiger partial charge in [-0.2, -0.15) is 8.42 Å². The van der Waals surface area contributed by atoms with Gasteiger partial charge in [0.15, 0.2) is 0 Å². The second-order valence-electron chi connectivity index (χ2n) is 7.02. The van der Waals surface area contributed by atoms with Crippen molar-refractivity contribution >= 4 is 27.9 Å². The first kappa shape index (κ1) is 18.5. The molecule has 1 heterocycles. The third kappa shape index (κ3) is 3.26. The molecule has 0 radical (unpaired) electrons. The minimum Gasteiger partial charge on any atom is -0.465 e. The van der Waals surface area contributed by atoms with Gasteiger partial charge in [-0.15, -0.1) is 0 Å². The van der Waals surface area contributed by atoms with Gasteiger partial charge in [0, 0.05) is 18.1 Å². The number of nitrogens with one attached hydrogen (secondary N) is 2. The van der Waals surface area contributed by atoms with E-state index >= 15 is 0 Å². The average Bonchev–Trinajstić information content (AvgIpc) is 3.39. The summed E-state index contributed by atoms with van der Waals surface area (Å²) < 4.78 is 32.3. The van der Waals surface area contributed by atoms with E-state index < -0.39 is 22.2 Å². The van der Waals surface area contributed by atoms with E-state index in [-0.39, 0.29) is 5.56 Å². The third-order valence-electron chi connectivity index (χ3n) is 5.30. The number of anilines is 1. The lowest BCUT2D eigenvalue weighted by atomic mass is 9.99. The molecule has 0 saturated heterocycles. The normalized spacial score (nSPS) is 15.0. The standard InChI is InChI=1S/C19H21N3O5S/c1-27-18(23)14-8-9-22(11-14)28(25,26)21-19(24)20-17-15-6-2-4-12(15)10-13-5-3-7-16(13)17/h8-11H,2-7H2,1H3,(H2,20,21,24). The second kappa shape index (κ2) is 6.97. The van der Waals surface area contributed by atoms with Crippen LogP contribution in [0.5, 0.6) is 0 Å². The number of nitrogens with zero attached hydrogens (tertiary/aromatic N) is 1. The van der Waals surface area contributed by atoms with Gasteiger partial charge >= 0.3 is 22.2 Å². The van der Waals surface area contributed by atoms with Crippen LogP contribution in [0.1, 0.15) is 45.5 Å². The Bertz CT molecular complexity index is 1040. The Labute approximate surface area is 163 Å². The molecule has 8 nitrogen and oxygen atoms in total. The molecular formula is C19H21N3O5S. The fraction of sp³-hybridized carbons (Fsp3) is 0.368. The van der Waals surface area contributed by atoms with Gasteiger partial charge in [-0.1, -0.05) is 6.07 Å². The summed E-state index contributed by atoms with van der Waals surface area (Å²) in [5, 5.41) is 2.78. The van der Waals surface area contributed by atoms with Crippen molar-refractivity contribution in [3.05, 3.63) is 52.3 Å². The first-order valence-electron chi connectivity index (χ1n) is 9.16. The van der Waals surface area contributed by atoms with Gasteiger partial charge in [-0.05, 0) is 66.8 Å². The zero-order valence-corrected chi connectivity index (χ0v) is 16.3. The largest absolute Gasteiger partial charge is 0.465 e. The maximum absolute atomic E-state index is 12.5. The Hall–Kier alpha value is -2.81. The summed E-state index contributed by atoms with van der Waals surface area (Å²) >= 11 is 0. The molecule has 2 aromatic rings. The number of carbonyl (C=O) groups is 2. The van der Waals surface area contributed by atoms with E-state index in [9.17, 15) is 18.0 Å². The summed E-state index contributed by atoms with van der Waals surface area (Å²) in [6.45, 7) is 0. The summed E-state index contributed by atoms with van der Waals surface area (Å²) in [5.74, 6) is -0.659. The molecule has 0 saturated carbocycles. The van der Waals surface area contributed by atoms with Gasteiger partial charge in [0.25, 0.3) is 0 Å². The summed E-state index contributed by atoms with van der Waals surface area (Å²) in [6.07, 6.45) is 8.07. The Balaban J connectivity index is 1.55. The monoisotopic (exact) mass is 403 g/mol. The quantitative estimate of drug-likeness (QED) is 0.761. The molecule has 0 spiro atoms. The number of methoxy groups -OCH3 is 1. The predicted molar refractivity (Wildman–Crippen MR) is 103 cm³/mol. The highest BCUT2D eigenvalue weighted by molar-refractivity contribution is 7.88. The predicted octanol–water partition coefficient (Wildman–Crippen LogP) is 2.17. The Kier molecular flexibility index (Phi) is 4.62. The number of esters is 1. The van der Waals surface area contributed by atoms with Crippen molar-refractivity contribution in [2.24, 2.45) is 0 Å². The van der Waals surface area contributed by atoms with Crippen molar-refractivity contribution < 1.29 is 22.7 Å². The molecule has 9 heteroatoms. The number of ether oxygens (including phenoxy) is 1. The minimum atomic E-state index is -4.18. The van der Waals surface area contributed by atoms with Crippen LogP contribution in [-0.2, 0) is 40.6 Å². The lowest BCUT2D eigenvalue weighted by Crippen LogP contribution is -2.38. The van der Waals surface area contributed by atoms with E-state index in [0.717, 1.165) is 65.5 Å². The van der Waals surface area contributed by atoms with Gasteiger partial charge in [0.1, 0.15) is 0 Å². The summed E-state index contributed by atoms with van der Waals surface area (Å²) in [5.41, 5.74) is 5.55. The smallest absolute Gasteiger partial charge is 0.339 e. The van der Waals surface area contributed by atoms with Crippen molar-refractivity contribution in [1.29, 1.82) is 0 Å². The Morgan fingerprint density at radius 3 is 2.32 bits per heavy atom. The highest BCUT2D eigenvalue weighted by Crippen LogP contribution is 2.38. The van der Waals surface area contributed by atoms with Gasteiger partial charge in [-0.3, -0.25) is 0 Å².